The maximum absolute atomic E-state index is 13.0. The lowest BCUT2D eigenvalue weighted by Gasteiger charge is -2.34. The molecule has 3 rings (SSSR count). The minimum atomic E-state index is -0.118. The molecule has 1 saturated carbocycles. The van der Waals surface area contributed by atoms with E-state index in [-0.39, 0.29) is 11.9 Å². The number of hydrogen-bond acceptors (Lipinski definition) is 5. The highest BCUT2D eigenvalue weighted by atomic mass is 16.5. The van der Waals surface area contributed by atoms with Gasteiger partial charge in [-0.05, 0) is 32.6 Å². The molecule has 140 valence electrons. The molecule has 0 spiro atoms. The van der Waals surface area contributed by atoms with Crippen molar-refractivity contribution >= 4 is 18.1 Å². The van der Waals surface area contributed by atoms with Gasteiger partial charge in [-0.15, -0.1) is 0 Å². The van der Waals surface area contributed by atoms with Crippen LogP contribution in [0.2, 0.25) is 0 Å². The van der Waals surface area contributed by atoms with Crippen molar-refractivity contribution < 1.29 is 14.1 Å². The van der Waals surface area contributed by atoms with Crippen LogP contribution in [0.15, 0.2) is 16.9 Å². The summed E-state index contributed by atoms with van der Waals surface area (Å²) in [5.41, 5.74) is 1.33. The van der Waals surface area contributed by atoms with Gasteiger partial charge in [0.25, 0.3) is 5.91 Å². The highest BCUT2D eigenvalue weighted by Gasteiger charge is 2.31. The Kier molecular flexibility index (Phi) is 5.11. The molecule has 0 bridgehead atoms. The van der Waals surface area contributed by atoms with Crippen LogP contribution in [0.4, 0.5) is 5.82 Å². The zero-order chi connectivity index (χ0) is 18.8. The molecular formula is C18H25N5O3. The molecular weight excluding hydrogens is 334 g/mol. The fourth-order valence-electron chi connectivity index (χ4n) is 3.63. The summed E-state index contributed by atoms with van der Waals surface area (Å²) in [5.74, 6) is 1.57. The van der Waals surface area contributed by atoms with Crippen LogP contribution in [-0.4, -0.2) is 52.1 Å². The van der Waals surface area contributed by atoms with Gasteiger partial charge >= 0.3 is 0 Å². The van der Waals surface area contributed by atoms with E-state index in [1.54, 1.807) is 29.9 Å². The third kappa shape index (κ3) is 3.36. The van der Waals surface area contributed by atoms with Crippen molar-refractivity contribution in [3.8, 4) is 0 Å². The van der Waals surface area contributed by atoms with E-state index in [1.165, 1.54) is 4.90 Å². The molecule has 8 heteroatoms. The molecule has 1 fully saturated rings. The van der Waals surface area contributed by atoms with Crippen molar-refractivity contribution in [3.05, 3.63) is 29.5 Å². The molecule has 2 aromatic heterocycles. The predicted octanol–water partition coefficient (Wildman–Crippen LogP) is 2.11. The Hall–Kier alpha value is -2.64. The van der Waals surface area contributed by atoms with Gasteiger partial charge in [0.2, 0.25) is 6.41 Å². The third-order valence-electron chi connectivity index (χ3n) is 5.23. The summed E-state index contributed by atoms with van der Waals surface area (Å²) in [6, 6.07) is 2.16. The number of carbonyl (C=O) groups excluding carboxylic acids is 2. The van der Waals surface area contributed by atoms with Gasteiger partial charge in [0.1, 0.15) is 5.76 Å². The number of hydrogen-bond donors (Lipinski definition) is 0. The maximum atomic E-state index is 13.0. The van der Waals surface area contributed by atoms with Gasteiger partial charge in [-0.2, -0.15) is 0 Å². The first-order chi connectivity index (χ1) is 12.4. The van der Waals surface area contributed by atoms with Crippen molar-refractivity contribution in [1.82, 2.24) is 19.6 Å². The molecule has 2 aromatic rings. The smallest absolute Gasteiger partial charge is 0.274 e. The fourth-order valence-corrected chi connectivity index (χ4v) is 3.63. The standard InChI is InChI=1S/C18H25N5O3/c1-12-9-15(26-20-12)13-5-7-14(8-6-13)23(4)18(25)16-17(22(3)11-24)19-10-21(16)2/h9-11,13-14H,5-8H2,1-4H3. The van der Waals surface area contributed by atoms with Crippen LogP contribution < -0.4 is 4.90 Å². The van der Waals surface area contributed by atoms with Crippen LogP contribution in [0.3, 0.4) is 0 Å². The van der Waals surface area contributed by atoms with Crippen LogP contribution in [-0.2, 0) is 11.8 Å². The van der Waals surface area contributed by atoms with E-state index in [9.17, 15) is 9.59 Å². The lowest BCUT2D eigenvalue weighted by atomic mass is 9.84. The average molecular weight is 359 g/mol. The highest BCUT2D eigenvalue weighted by Crippen LogP contribution is 2.35. The zero-order valence-corrected chi connectivity index (χ0v) is 15.7. The molecule has 0 unspecified atom stereocenters. The van der Waals surface area contributed by atoms with E-state index < -0.39 is 0 Å². The minimum absolute atomic E-state index is 0.118. The van der Waals surface area contributed by atoms with Gasteiger partial charge in [0.15, 0.2) is 11.5 Å². The summed E-state index contributed by atoms with van der Waals surface area (Å²) < 4.78 is 7.06. The van der Waals surface area contributed by atoms with Crippen LogP contribution in [0.1, 0.15) is 53.5 Å². The van der Waals surface area contributed by atoms with Crippen LogP contribution >= 0.6 is 0 Å². The Morgan fingerprint density at radius 1 is 1.31 bits per heavy atom. The monoisotopic (exact) mass is 359 g/mol. The Morgan fingerprint density at radius 3 is 2.58 bits per heavy atom. The van der Waals surface area contributed by atoms with Gasteiger partial charge < -0.3 is 18.9 Å². The van der Waals surface area contributed by atoms with Crippen LogP contribution in [0.25, 0.3) is 0 Å². The summed E-state index contributed by atoms with van der Waals surface area (Å²) >= 11 is 0. The molecule has 8 nitrogen and oxygen atoms in total. The largest absolute Gasteiger partial charge is 0.361 e. The Labute approximate surface area is 152 Å². The zero-order valence-electron chi connectivity index (χ0n) is 15.7. The molecule has 0 radical (unpaired) electrons. The summed E-state index contributed by atoms with van der Waals surface area (Å²) in [6.45, 7) is 1.92. The normalized spacial score (nSPS) is 20.0. The van der Waals surface area contributed by atoms with Gasteiger partial charge in [-0.25, -0.2) is 4.98 Å². The number of imidazole rings is 1. The molecule has 0 aliphatic heterocycles. The molecule has 0 aromatic carbocycles. The van der Waals surface area contributed by atoms with Crippen molar-refractivity contribution in [2.45, 2.75) is 44.6 Å². The van der Waals surface area contributed by atoms with Gasteiger partial charge in [0.05, 0.1) is 12.0 Å². The number of aromatic nitrogens is 3. The summed E-state index contributed by atoms with van der Waals surface area (Å²) in [7, 11) is 5.18. The second-order valence-electron chi connectivity index (χ2n) is 7.04. The van der Waals surface area contributed by atoms with E-state index in [0.717, 1.165) is 37.1 Å². The number of nitrogens with zero attached hydrogens (tertiary/aromatic N) is 5. The number of rotatable bonds is 5. The van der Waals surface area contributed by atoms with Crippen molar-refractivity contribution in [2.75, 3.05) is 19.0 Å². The Bertz CT molecular complexity index is 789. The third-order valence-corrected chi connectivity index (χ3v) is 5.23. The number of anilines is 1. The number of aryl methyl sites for hydroxylation is 2. The molecule has 0 atom stereocenters. The first kappa shape index (κ1) is 18.2. The van der Waals surface area contributed by atoms with E-state index in [2.05, 4.69) is 10.1 Å². The molecule has 26 heavy (non-hydrogen) atoms. The minimum Gasteiger partial charge on any atom is -0.361 e. The molecule has 0 saturated heterocycles. The average Bonchev–Trinajstić information content (AvgIpc) is 3.25. The summed E-state index contributed by atoms with van der Waals surface area (Å²) in [4.78, 5) is 31.4. The molecule has 0 N–H and O–H groups in total. The lowest BCUT2D eigenvalue weighted by Crippen LogP contribution is -2.40. The van der Waals surface area contributed by atoms with Crippen LogP contribution in [0, 0.1) is 6.92 Å². The SMILES string of the molecule is Cc1cc(C2CCC(N(C)C(=O)c3c(N(C)C=O)ncn3C)CC2)on1. The van der Waals surface area contributed by atoms with Crippen molar-refractivity contribution in [2.24, 2.45) is 7.05 Å². The first-order valence-electron chi connectivity index (χ1n) is 8.82. The van der Waals surface area contributed by atoms with E-state index in [0.29, 0.717) is 23.8 Å². The first-order valence-corrected chi connectivity index (χ1v) is 8.82. The van der Waals surface area contributed by atoms with E-state index in [1.807, 2.05) is 20.0 Å². The number of amides is 2. The fraction of sp³-hybridized carbons (Fsp3) is 0.556. The highest BCUT2D eigenvalue weighted by molar-refractivity contribution is 5.99. The van der Waals surface area contributed by atoms with Crippen LogP contribution in [0.5, 0.6) is 0 Å². The van der Waals surface area contributed by atoms with Crippen molar-refractivity contribution in [3.63, 3.8) is 0 Å². The molecule has 2 heterocycles. The molecule has 2 amide bonds. The Morgan fingerprint density at radius 2 is 2.00 bits per heavy atom. The topological polar surface area (TPSA) is 84.5 Å². The quantitative estimate of drug-likeness (QED) is 0.764. The van der Waals surface area contributed by atoms with E-state index >= 15 is 0 Å². The maximum Gasteiger partial charge on any atom is 0.274 e. The van der Waals surface area contributed by atoms with Gasteiger partial charge in [-0.1, -0.05) is 5.16 Å². The molecule has 1 aliphatic carbocycles. The predicted molar refractivity (Wildman–Crippen MR) is 96.0 cm³/mol. The van der Waals surface area contributed by atoms with Gasteiger partial charge in [0, 0.05) is 39.2 Å². The molecule has 1 aliphatic rings. The van der Waals surface area contributed by atoms with Crippen molar-refractivity contribution in [1.29, 1.82) is 0 Å². The van der Waals surface area contributed by atoms with Gasteiger partial charge in [-0.3, -0.25) is 9.59 Å². The lowest BCUT2D eigenvalue weighted by molar-refractivity contribution is -0.107. The Balaban J connectivity index is 1.69. The summed E-state index contributed by atoms with van der Waals surface area (Å²) in [5, 5.41) is 3.97. The second-order valence-corrected chi connectivity index (χ2v) is 7.04. The van der Waals surface area contributed by atoms with E-state index in [4.69, 9.17) is 4.52 Å². The number of carbonyl (C=O) groups is 2. The second kappa shape index (κ2) is 7.31. The summed E-state index contributed by atoms with van der Waals surface area (Å²) in [6.07, 6.45) is 5.95.